The minimum absolute atomic E-state index is 0.315. The van der Waals surface area contributed by atoms with Crippen molar-refractivity contribution in [3.63, 3.8) is 0 Å². The van der Waals surface area contributed by atoms with Gasteiger partial charge in [0, 0.05) is 0 Å². The maximum atomic E-state index is 11.5. The number of hydrogen-bond donors (Lipinski definition) is 1. The van der Waals surface area contributed by atoms with Crippen LogP contribution in [0.3, 0.4) is 0 Å². The van der Waals surface area contributed by atoms with Gasteiger partial charge in [0.2, 0.25) is 0 Å². The first-order valence-electron chi connectivity index (χ1n) is 7.43. The Morgan fingerprint density at radius 3 is 2.47 bits per heavy atom. The lowest BCUT2D eigenvalue weighted by Gasteiger charge is -2.39. The standard InChI is InChI=1S/C15H30N2O2/c1-5-14(2)8-11-17(12-9-14)10-6-7-15(3,16)13(18)19-4/h5-12,16H2,1-4H3. The number of carbonyl (C=O) groups is 1. The van der Waals surface area contributed by atoms with Crippen molar-refractivity contribution in [2.75, 3.05) is 26.7 Å². The minimum Gasteiger partial charge on any atom is -0.468 e. The lowest BCUT2D eigenvalue weighted by atomic mass is 9.78. The van der Waals surface area contributed by atoms with Crippen LogP contribution < -0.4 is 5.73 Å². The number of esters is 1. The van der Waals surface area contributed by atoms with E-state index in [9.17, 15) is 4.79 Å². The number of ether oxygens (including phenoxy) is 1. The second-order valence-electron chi connectivity index (χ2n) is 6.52. The van der Waals surface area contributed by atoms with E-state index in [4.69, 9.17) is 10.5 Å². The van der Waals surface area contributed by atoms with Gasteiger partial charge in [-0.3, -0.25) is 4.79 Å². The highest BCUT2D eigenvalue weighted by Gasteiger charge is 2.30. The summed E-state index contributed by atoms with van der Waals surface area (Å²) in [6.45, 7) is 9.80. The van der Waals surface area contributed by atoms with Crippen molar-refractivity contribution in [2.45, 2.75) is 58.4 Å². The van der Waals surface area contributed by atoms with E-state index in [1.807, 2.05) is 0 Å². The van der Waals surface area contributed by atoms with Crippen LogP contribution in [0.4, 0.5) is 0 Å². The fraction of sp³-hybridized carbons (Fsp3) is 0.933. The molecule has 4 heteroatoms. The third kappa shape index (κ3) is 4.77. The van der Waals surface area contributed by atoms with Crippen LogP contribution >= 0.6 is 0 Å². The van der Waals surface area contributed by atoms with Crippen LogP contribution in [-0.2, 0) is 9.53 Å². The maximum Gasteiger partial charge on any atom is 0.325 e. The Bertz CT molecular complexity index is 295. The third-order valence-corrected chi connectivity index (χ3v) is 4.74. The van der Waals surface area contributed by atoms with Gasteiger partial charge in [-0.15, -0.1) is 0 Å². The summed E-state index contributed by atoms with van der Waals surface area (Å²) in [5, 5.41) is 0. The summed E-state index contributed by atoms with van der Waals surface area (Å²) in [5.41, 5.74) is 5.65. The molecule has 0 radical (unpaired) electrons. The Kier molecular flexibility index (Phi) is 5.81. The van der Waals surface area contributed by atoms with Gasteiger partial charge in [-0.1, -0.05) is 20.3 Å². The summed E-state index contributed by atoms with van der Waals surface area (Å²) >= 11 is 0. The number of piperidine rings is 1. The van der Waals surface area contributed by atoms with Gasteiger partial charge in [0.1, 0.15) is 5.54 Å². The largest absolute Gasteiger partial charge is 0.468 e. The van der Waals surface area contributed by atoms with E-state index >= 15 is 0 Å². The molecule has 1 heterocycles. The fourth-order valence-corrected chi connectivity index (χ4v) is 2.68. The number of nitrogens with zero attached hydrogens (tertiary/aromatic N) is 1. The summed E-state index contributed by atoms with van der Waals surface area (Å²) in [5.74, 6) is -0.315. The van der Waals surface area contributed by atoms with E-state index in [0.29, 0.717) is 11.8 Å². The van der Waals surface area contributed by atoms with Crippen LogP contribution in [0, 0.1) is 5.41 Å². The molecular weight excluding hydrogens is 240 g/mol. The molecule has 1 rings (SSSR count). The van der Waals surface area contributed by atoms with E-state index in [-0.39, 0.29) is 5.97 Å². The molecule has 4 nitrogen and oxygen atoms in total. The Balaban J connectivity index is 2.26. The number of carbonyl (C=O) groups excluding carboxylic acids is 1. The van der Waals surface area contributed by atoms with E-state index in [1.165, 1.54) is 39.5 Å². The lowest BCUT2D eigenvalue weighted by Crippen LogP contribution is -2.46. The highest BCUT2D eigenvalue weighted by Crippen LogP contribution is 2.33. The zero-order chi connectivity index (χ0) is 14.5. The summed E-state index contributed by atoms with van der Waals surface area (Å²) in [7, 11) is 1.39. The molecule has 0 aromatic heterocycles. The molecule has 0 amide bonds. The number of methoxy groups -OCH3 is 1. The zero-order valence-electron chi connectivity index (χ0n) is 13.0. The topological polar surface area (TPSA) is 55.6 Å². The predicted molar refractivity (Wildman–Crippen MR) is 77.9 cm³/mol. The molecule has 1 saturated heterocycles. The molecular formula is C15H30N2O2. The van der Waals surface area contributed by atoms with Gasteiger partial charge < -0.3 is 15.4 Å². The first kappa shape index (κ1) is 16.4. The molecule has 1 unspecified atom stereocenters. The lowest BCUT2D eigenvalue weighted by molar-refractivity contribution is -0.146. The van der Waals surface area contributed by atoms with Crippen molar-refractivity contribution in [2.24, 2.45) is 11.1 Å². The molecule has 1 aliphatic heterocycles. The number of likely N-dealkylation sites (tertiary alicyclic amines) is 1. The molecule has 1 fully saturated rings. The molecule has 0 aliphatic carbocycles. The SMILES string of the molecule is CCC1(C)CCN(CCCC(C)(N)C(=O)OC)CC1. The highest BCUT2D eigenvalue weighted by molar-refractivity contribution is 5.79. The average Bonchev–Trinajstić information content (AvgIpc) is 2.40. The first-order chi connectivity index (χ1) is 8.83. The minimum atomic E-state index is -0.845. The van der Waals surface area contributed by atoms with Crippen LogP contribution in [-0.4, -0.2) is 43.2 Å². The molecule has 0 aromatic carbocycles. The second kappa shape index (κ2) is 6.71. The summed E-state index contributed by atoms with van der Waals surface area (Å²) in [6.07, 6.45) is 5.46. The number of rotatable bonds is 6. The van der Waals surface area contributed by atoms with E-state index < -0.39 is 5.54 Å². The normalized spacial score (nSPS) is 22.8. The Labute approximate surface area is 117 Å². The van der Waals surface area contributed by atoms with Crippen molar-refractivity contribution in [1.82, 2.24) is 4.90 Å². The quantitative estimate of drug-likeness (QED) is 0.752. The van der Waals surface area contributed by atoms with Crippen LogP contribution in [0.1, 0.15) is 52.9 Å². The van der Waals surface area contributed by atoms with Gasteiger partial charge in [0.25, 0.3) is 0 Å². The third-order valence-electron chi connectivity index (χ3n) is 4.74. The van der Waals surface area contributed by atoms with E-state index in [1.54, 1.807) is 6.92 Å². The van der Waals surface area contributed by atoms with Gasteiger partial charge in [0.15, 0.2) is 0 Å². The van der Waals surface area contributed by atoms with Gasteiger partial charge in [0.05, 0.1) is 7.11 Å². The highest BCUT2D eigenvalue weighted by atomic mass is 16.5. The molecule has 0 spiro atoms. The van der Waals surface area contributed by atoms with Crippen LogP contribution in [0.25, 0.3) is 0 Å². The maximum absolute atomic E-state index is 11.5. The molecule has 112 valence electrons. The Hall–Kier alpha value is -0.610. The molecule has 2 N–H and O–H groups in total. The van der Waals surface area contributed by atoms with Gasteiger partial charge in [-0.25, -0.2) is 0 Å². The Morgan fingerprint density at radius 1 is 1.42 bits per heavy atom. The van der Waals surface area contributed by atoms with Crippen LogP contribution in [0.5, 0.6) is 0 Å². The van der Waals surface area contributed by atoms with Crippen molar-refractivity contribution < 1.29 is 9.53 Å². The van der Waals surface area contributed by atoms with E-state index in [2.05, 4.69) is 18.7 Å². The molecule has 0 saturated carbocycles. The van der Waals surface area contributed by atoms with Gasteiger partial charge in [-0.05, 0) is 57.7 Å². The number of hydrogen-bond acceptors (Lipinski definition) is 4. The van der Waals surface area contributed by atoms with Gasteiger partial charge >= 0.3 is 5.97 Å². The van der Waals surface area contributed by atoms with Crippen molar-refractivity contribution in [1.29, 1.82) is 0 Å². The summed E-state index contributed by atoms with van der Waals surface area (Å²) in [4.78, 5) is 14.0. The van der Waals surface area contributed by atoms with Crippen molar-refractivity contribution in [3.8, 4) is 0 Å². The van der Waals surface area contributed by atoms with Crippen molar-refractivity contribution >= 4 is 5.97 Å². The fourth-order valence-electron chi connectivity index (χ4n) is 2.68. The molecule has 0 bridgehead atoms. The Morgan fingerprint density at radius 2 is 2.00 bits per heavy atom. The zero-order valence-corrected chi connectivity index (χ0v) is 13.0. The smallest absolute Gasteiger partial charge is 0.325 e. The first-order valence-corrected chi connectivity index (χ1v) is 7.43. The van der Waals surface area contributed by atoms with Crippen LogP contribution in [0.15, 0.2) is 0 Å². The molecule has 1 aliphatic rings. The molecule has 19 heavy (non-hydrogen) atoms. The summed E-state index contributed by atoms with van der Waals surface area (Å²) in [6, 6.07) is 0. The number of nitrogens with two attached hydrogens (primary N) is 1. The van der Waals surface area contributed by atoms with E-state index in [0.717, 1.165) is 13.0 Å². The predicted octanol–water partition coefficient (Wildman–Crippen LogP) is 2.17. The van der Waals surface area contributed by atoms with Crippen molar-refractivity contribution in [3.05, 3.63) is 0 Å². The monoisotopic (exact) mass is 270 g/mol. The average molecular weight is 270 g/mol. The van der Waals surface area contributed by atoms with Crippen LogP contribution in [0.2, 0.25) is 0 Å². The summed E-state index contributed by atoms with van der Waals surface area (Å²) < 4.78 is 4.72. The second-order valence-corrected chi connectivity index (χ2v) is 6.52. The molecule has 1 atom stereocenters. The van der Waals surface area contributed by atoms with Gasteiger partial charge in [-0.2, -0.15) is 0 Å². The molecule has 0 aromatic rings.